The summed E-state index contributed by atoms with van der Waals surface area (Å²) in [7, 11) is 0. The zero-order valence-electron chi connectivity index (χ0n) is 4.27. The summed E-state index contributed by atoms with van der Waals surface area (Å²) >= 11 is 0. The second-order valence-electron chi connectivity index (χ2n) is 0.644. The van der Waals surface area contributed by atoms with Crippen molar-refractivity contribution in [1.82, 2.24) is 0 Å². The van der Waals surface area contributed by atoms with Gasteiger partial charge < -0.3 is 4.79 Å². The van der Waals surface area contributed by atoms with Gasteiger partial charge in [-0.25, -0.2) is 0 Å². The van der Waals surface area contributed by atoms with Crippen LogP contribution in [0.15, 0.2) is 12.7 Å². The number of rotatable bonds is 0. The lowest BCUT2D eigenvalue weighted by Gasteiger charge is -1.31. The highest BCUT2D eigenvalue weighted by Crippen LogP contribution is 1.38. The quantitative estimate of drug-likeness (QED) is 0.321. The first-order chi connectivity index (χ1) is 2.83. The highest BCUT2D eigenvalue weighted by Gasteiger charge is 1.24. The van der Waals surface area contributed by atoms with Crippen LogP contribution in [0.3, 0.4) is 0 Å². The molecule has 0 amide bonds. The second-order valence-corrected chi connectivity index (χ2v) is 0.644. The minimum Gasteiger partial charge on any atom is -0.304 e. The van der Waals surface area contributed by atoms with E-state index < -0.39 is 0 Å². The van der Waals surface area contributed by atoms with Gasteiger partial charge >= 0.3 is 0 Å². The van der Waals surface area contributed by atoms with Crippen LogP contribution in [-0.2, 0) is 4.79 Å². The van der Waals surface area contributed by atoms with Crippen molar-refractivity contribution in [3.63, 3.8) is 0 Å². The third-order valence-corrected chi connectivity index (χ3v) is 0. The summed E-state index contributed by atoms with van der Waals surface area (Å²) in [5.74, 6) is 0. The first kappa shape index (κ1) is 9.05. The highest BCUT2D eigenvalue weighted by molar-refractivity contribution is 5.44. The predicted molar refractivity (Wildman–Crippen MR) is 27.6 cm³/mol. The van der Waals surface area contributed by atoms with Gasteiger partial charge in [-0.05, 0) is 13.8 Å². The summed E-state index contributed by atoms with van der Waals surface area (Å²) in [5.41, 5.74) is 0. The molecule has 1 heteroatoms. The van der Waals surface area contributed by atoms with Crippen LogP contribution in [0.2, 0.25) is 0 Å². The van der Waals surface area contributed by atoms with Crippen LogP contribution in [0.25, 0.3) is 0 Å². The molecule has 1 nitrogen and oxygen atoms in total. The van der Waals surface area contributed by atoms with Crippen LogP contribution in [0, 0.1) is 0 Å². The Kier molecular flexibility index (Phi) is 38.9. The van der Waals surface area contributed by atoms with Crippen molar-refractivity contribution in [3.8, 4) is 0 Å². The van der Waals surface area contributed by atoms with E-state index in [9.17, 15) is 0 Å². The summed E-state index contributed by atoms with van der Waals surface area (Å²) in [6, 6.07) is 0. The second kappa shape index (κ2) is 25.8. The molecule has 0 heterocycles. The van der Waals surface area contributed by atoms with E-state index >= 15 is 0 Å². The monoisotopic (exact) mass is 86.1 g/mol. The lowest BCUT2D eigenvalue weighted by Crippen LogP contribution is -1.36. The van der Waals surface area contributed by atoms with E-state index in [0.29, 0.717) is 0 Å². The zero-order valence-corrected chi connectivity index (χ0v) is 4.27. The first-order valence-electron chi connectivity index (χ1n) is 1.80. The highest BCUT2D eigenvalue weighted by atomic mass is 16.1. The van der Waals surface area contributed by atoms with Crippen molar-refractivity contribution in [2.75, 3.05) is 0 Å². The Morgan fingerprint density at radius 3 is 1.50 bits per heavy atom. The molecule has 0 spiro atoms. The van der Waals surface area contributed by atoms with E-state index in [4.69, 9.17) is 4.79 Å². The topological polar surface area (TPSA) is 17.1 Å². The lowest BCUT2D eigenvalue weighted by atomic mass is 10.8. The molecule has 0 saturated heterocycles. The largest absolute Gasteiger partial charge is 0.304 e. The Morgan fingerprint density at radius 2 is 1.50 bits per heavy atom. The Hall–Kier alpha value is -0.590. The smallest absolute Gasteiger partial charge is 0.116 e. The third kappa shape index (κ3) is 56.9. The van der Waals surface area contributed by atoms with Crippen molar-refractivity contribution in [1.29, 1.82) is 0 Å². The Morgan fingerprint density at radius 1 is 1.50 bits per heavy atom. The summed E-state index contributed by atoms with van der Waals surface area (Å²) in [4.78, 5) is 8.81. The maximum absolute atomic E-state index is 8.81. The molecule has 0 aliphatic rings. The van der Waals surface area contributed by atoms with Crippen LogP contribution < -0.4 is 0 Å². The van der Waals surface area contributed by atoms with Crippen molar-refractivity contribution in [3.05, 3.63) is 12.7 Å². The molecule has 0 unspecified atom stereocenters. The summed E-state index contributed by atoms with van der Waals surface area (Å²) in [6.07, 6.45) is 2.50. The van der Waals surface area contributed by atoms with E-state index in [1.165, 1.54) is 6.92 Å². The van der Waals surface area contributed by atoms with Gasteiger partial charge in [0.1, 0.15) is 6.29 Å². The van der Waals surface area contributed by atoms with Gasteiger partial charge in [0.15, 0.2) is 0 Å². The minimum atomic E-state index is 0.750. The molecule has 0 N–H and O–H groups in total. The minimum absolute atomic E-state index is 0.750. The Bertz CT molecular complexity index is 24.9. The van der Waals surface area contributed by atoms with Crippen LogP contribution in [-0.4, -0.2) is 6.29 Å². The molecule has 6 heavy (non-hydrogen) atoms. The van der Waals surface area contributed by atoms with Crippen molar-refractivity contribution in [2.24, 2.45) is 0 Å². The average molecular weight is 86.1 g/mol. The molecule has 0 aromatic carbocycles. The van der Waals surface area contributed by atoms with Gasteiger partial charge in [-0.2, -0.15) is 0 Å². The van der Waals surface area contributed by atoms with E-state index in [1.54, 1.807) is 6.08 Å². The van der Waals surface area contributed by atoms with Crippen molar-refractivity contribution >= 4 is 6.29 Å². The molecule has 0 aromatic heterocycles. The molecule has 0 fully saturated rings. The number of hydrogen-bond donors (Lipinski definition) is 0. The fourth-order valence-corrected chi connectivity index (χ4v) is 0. The molecule has 0 aliphatic carbocycles. The molecule has 0 atom stereocenters. The van der Waals surface area contributed by atoms with Gasteiger partial charge in [0.25, 0.3) is 0 Å². The predicted octanol–water partition coefficient (Wildman–Crippen LogP) is 1.40. The number of allylic oxidation sites excluding steroid dienone is 1. The Balaban J connectivity index is 0. The summed E-state index contributed by atoms with van der Waals surface area (Å²) < 4.78 is 0. The maximum Gasteiger partial charge on any atom is 0.116 e. The molecule has 0 bridgehead atoms. The van der Waals surface area contributed by atoms with Crippen LogP contribution in [0.1, 0.15) is 13.8 Å². The SMILES string of the molecule is C=CC.CC=O. The van der Waals surface area contributed by atoms with Crippen molar-refractivity contribution in [2.45, 2.75) is 13.8 Å². The lowest BCUT2D eigenvalue weighted by molar-refractivity contribution is -0.106. The van der Waals surface area contributed by atoms with E-state index in [-0.39, 0.29) is 0 Å². The van der Waals surface area contributed by atoms with Gasteiger partial charge in [-0.1, -0.05) is 6.08 Å². The van der Waals surface area contributed by atoms with E-state index in [2.05, 4.69) is 6.58 Å². The average Bonchev–Trinajstić information content (AvgIpc) is 1.39. The normalized spacial score (nSPS) is 4.33. The number of carbonyl (C=O) groups is 1. The van der Waals surface area contributed by atoms with Crippen LogP contribution in [0.4, 0.5) is 0 Å². The summed E-state index contributed by atoms with van der Waals surface area (Å²) in [5, 5.41) is 0. The molecule has 0 radical (unpaired) electrons. The number of hydrogen-bond acceptors (Lipinski definition) is 1. The molecule has 0 saturated carbocycles. The van der Waals surface area contributed by atoms with E-state index in [0.717, 1.165) is 6.29 Å². The van der Waals surface area contributed by atoms with Gasteiger partial charge in [0, 0.05) is 0 Å². The Labute approximate surface area is 38.7 Å². The summed E-state index contributed by atoms with van der Waals surface area (Å²) in [6.45, 7) is 6.69. The van der Waals surface area contributed by atoms with Crippen LogP contribution in [0.5, 0.6) is 0 Å². The molecule has 0 aromatic rings. The third-order valence-electron chi connectivity index (χ3n) is 0. The van der Waals surface area contributed by atoms with Crippen LogP contribution >= 0.6 is 0 Å². The van der Waals surface area contributed by atoms with Gasteiger partial charge in [0.05, 0.1) is 0 Å². The molecule has 0 aliphatic heterocycles. The number of carbonyl (C=O) groups excluding carboxylic acids is 1. The molecular weight excluding hydrogens is 76.1 g/mol. The molecule has 36 valence electrons. The fraction of sp³-hybridized carbons (Fsp3) is 0.400. The van der Waals surface area contributed by atoms with Gasteiger partial charge in [-0.3, -0.25) is 0 Å². The fourth-order valence-electron chi connectivity index (χ4n) is 0. The first-order valence-corrected chi connectivity index (χ1v) is 1.80. The zero-order chi connectivity index (χ0) is 5.41. The maximum atomic E-state index is 8.81. The molecular formula is C5H10O. The van der Waals surface area contributed by atoms with Gasteiger partial charge in [0.2, 0.25) is 0 Å². The standard InChI is InChI=1S/C3H6.C2H4O/c1-3-2;1-2-3/h3H,1H2,2H3;2H,1H3. The van der Waals surface area contributed by atoms with E-state index in [1.807, 2.05) is 6.92 Å². The number of aldehydes is 1. The van der Waals surface area contributed by atoms with Crippen molar-refractivity contribution < 1.29 is 4.79 Å². The van der Waals surface area contributed by atoms with Gasteiger partial charge in [-0.15, -0.1) is 6.58 Å². The molecule has 0 rings (SSSR count).